The number of likely N-dealkylation sites (tertiary alicyclic amines) is 1. The molecule has 1 atom stereocenters. The zero-order valence-electron chi connectivity index (χ0n) is 14.6. The molecule has 0 aliphatic carbocycles. The molecule has 0 saturated carbocycles. The van der Waals surface area contributed by atoms with Crippen LogP contribution in [0, 0.1) is 6.92 Å². The van der Waals surface area contributed by atoms with Crippen LogP contribution in [0.15, 0.2) is 40.9 Å². The fraction of sp³-hybridized carbons (Fsp3) is 0.421. The summed E-state index contributed by atoms with van der Waals surface area (Å²) in [6, 6.07) is 10.4. The smallest absolute Gasteiger partial charge is 0.247 e. The van der Waals surface area contributed by atoms with Gasteiger partial charge in [0.05, 0.1) is 6.04 Å². The van der Waals surface area contributed by atoms with Crippen molar-refractivity contribution in [2.45, 2.75) is 38.6 Å². The molecule has 0 amide bonds. The van der Waals surface area contributed by atoms with Crippen molar-refractivity contribution in [2.24, 2.45) is 0 Å². The lowest BCUT2D eigenvalue weighted by molar-refractivity contribution is 0.142. The Morgan fingerprint density at radius 1 is 1.20 bits per heavy atom. The Bertz CT molecular complexity index is 818. The zero-order chi connectivity index (χ0) is 17.2. The summed E-state index contributed by atoms with van der Waals surface area (Å²) in [6.07, 6.45) is 4.06. The standard InChI is InChI=1S/C19H23N5O/c1-13-4-3-5-16(12-13)19-23-22-18(25-19)14(2)24-10-7-15(8-11-24)17-6-9-20-21-17/h3-6,9,12,14-15H,7-8,10-11H2,1-2H3,(H,20,21). The summed E-state index contributed by atoms with van der Waals surface area (Å²) >= 11 is 0. The maximum absolute atomic E-state index is 5.96. The van der Waals surface area contributed by atoms with Gasteiger partial charge in [-0.1, -0.05) is 17.7 Å². The van der Waals surface area contributed by atoms with Crippen LogP contribution in [0.1, 0.15) is 48.9 Å². The second-order valence-corrected chi connectivity index (χ2v) is 6.81. The van der Waals surface area contributed by atoms with Crippen LogP contribution in [0.5, 0.6) is 0 Å². The molecule has 1 aromatic carbocycles. The van der Waals surface area contributed by atoms with Gasteiger partial charge in [-0.2, -0.15) is 5.10 Å². The SMILES string of the molecule is Cc1cccc(-c2nnc(C(C)N3CCC(c4ccn[nH]4)CC3)o2)c1. The number of hydrogen-bond donors (Lipinski definition) is 1. The summed E-state index contributed by atoms with van der Waals surface area (Å²) in [6.45, 7) is 6.25. The molecule has 2 aromatic heterocycles. The highest BCUT2D eigenvalue weighted by atomic mass is 16.4. The van der Waals surface area contributed by atoms with E-state index < -0.39 is 0 Å². The van der Waals surface area contributed by atoms with Gasteiger partial charge in [-0.25, -0.2) is 0 Å². The van der Waals surface area contributed by atoms with Gasteiger partial charge < -0.3 is 4.42 Å². The van der Waals surface area contributed by atoms with Crippen molar-refractivity contribution in [1.29, 1.82) is 0 Å². The maximum Gasteiger partial charge on any atom is 0.247 e. The van der Waals surface area contributed by atoms with Crippen molar-refractivity contribution < 1.29 is 4.42 Å². The van der Waals surface area contributed by atoms with Gasteiger partial charge in [0.15, 0.2) is 0 Å². The minimum absolute atomic E-state index is 0.133. The third-order valence-corrected chi connectivity index (χ3v) is 5.10. The lowest BCUT2D eigenvalue weighted by atomic mass is 9.93. The molecule has 1 aliphatic rings. The third-order valence-electron chi connectivity index (χ3n) is 5.10. The Morgan fingerprint density at radius 3 is 2.76 bits per heavy atom. The van der Waals surface area contributed by atoms with Gasteiger partial charge in [-0.05, 0) is 58.0 Å². The van der Waals surface area contributed by atoms with Gasteiger partial charge in [0, 0.05) is 23.4 Å². The number of hydrogen-bond acceptors (Lipinski definition) is 5. The molecule has 0 radical (unpaired) electrons. The van der Waals surface area contributed by atoms with Crippen molar-refractivity contribution in [3.8, 4) is 11.5 Å². The lowest BCUT2D eigenvalue weighted by Crippen LogP contribution is -2.35. The Hall–Kier alpha value is -2.47. The normalized spacial score (nSPS) is 17.7. The first-order valence-corrected chi connectivity index (χ1v) is 8.84. The van der Waals surface area contributed by atoms with E-state index >= 15 is 0 Å². The Morgan fingerprint density at radius 2 is 2.04 bits per heavy atom. The van der Waals surface area contributed by atoms with E-state index in [0.29, 0.717) is 17.7 Å². The molecule has 1 unspecified atom stereocenters. The van der Waals surface area contributed by atoms with Gasteiger partial charge in [-0.3, -0.25) is 10.00 Å². The van der Waals surface area contributed by atoms with Crippen LogP contribution in [0.4, 0.5) is 0 Å². The molecule has 4 rings (SSSR count). The number of aryl methyl sites for hydroxylation is 1. The number of rotatable bonds is 4. The summed E-state index contributed by atoms with van der Waals surface area (Å²) in [5.74, 6) is 1.85. The monoisotopic (exact) mass is 337 g/mol. The molecule has 130 valence electrons. The predicted octanol–water partition coefficient (Wildman–Crippen LogP) is 3.71. The van der Waals surface area contributed by atoms with E-state index in [9.17, 15) is 0 Å². The summed E-state index contributed by atoms with van der Waals surface area (Å²) in [7, 11) is 0. The largest absolute Gasteiger partial charge is 0.419 e. The van der Waals surface area contributed by atoms with Crippen molar-refractivity contribution in [3.05, 3.63) is 53.7 Å². The van der Waals surface area contributed by atoms with Crippen molar-refractivity contribution in [2.75, 3.05) is 13.1 Å². The highest BCUT2D eigenvalue weighted by Gasteiger charge is 2.27. The highest BCUT2D eigenvalue weighted by Crippen LogP contribution is 2.31. The van der Waals surface area contributed by atoms with Crippen molar-refractivity contribution >= 4 is 0 Å². The first-order valence-electron chi connectivity index (χ1n) is 8.84. The van der Waals surface area contributed by atoms with Crippen LogP contribution >= 0.6 is 0 Å². The van der Waals surface area contributed by atoms with E-state index in [1.54, 1.807) is 0 Å². The molecule has 0 bridgehead atoms. The molecule has 1 saturated heterocycles. The molecule has 3 heterocycles. The molecule has 1 aliphatic heterocycles. The first-order chi connectivity index (χ1) is 12.2. The summed E-state index contributed by atoms with van der Waals surface area (Å²) in [5, 5.41) is 15.7. The minimum atomic E-state index is 0.133. The fourth-order valence-electron chi connectivity index (χ4n) is 3.55. The van der Waals surface area contributed by atoms with E-state index in [0.717, 1.165) is 31.5 Å². The van der Waals surface area contributed by atoms with Crippen LogP contribution in [-0.4, -0.2) is 38.4 Å². The number of piperidine rings is 1. The Kier molecular flexibility index (Phi) is 4.36. The second kappa shape index (κ2) is 6.80. The predicted molar refractivity (Wildman–Crippen MR) is 95.0 cm³/mol. The minimum Gasteiger partial charge on any atom is -0.419 e. The summed E-state index contributed by atoms with van der Waals surface area (Å²) < 4.78 is 5.96. The molecular weight excluding hydrogens is 314 g/mol. The van der Waals surface area contributed by atoms with Crippen molar-refractivity contribution in [1.82, 2.24) is 25.3 Å². The molecule has 3 aromatic rings. The third kappa shape index (κ3) is 3.35. The van der Waals surface area contributed by atoms with Gasteiger partial charge in [-0.15, -0.1) is 10.2 Å². The van der Waals surface area contributed by atoms with E-state index in [2.05, 4.69) is 57.3 Å². The molecule has 1 fully saturated rings. The van der Waals surface area contributed by atoms with Crippen LogP contribution in [0.3, 0.4) is 0 Å². The van der Waals surface area contributed by atoms with Gasteiger partial charge >= 0.3 is 0 Å². The van der Waals surface area contributed by atoms with Crippen molar-refractivity contribution in [3.63, 3.8) is 0 Å². The number of nitrogens with one attached hydrogen (secondary N) is 1. The fourth-order valence-corrected chi connectivity index (χ4v) is 3.55. The average Bonchev–Trinajstić information content (AvgIpc) is 3.33. The van der Waals surface area contributed by atoms with E-state index in [1.165, 1.54) is 11.3 Å². The topological polar surface area (TPSA) is 70.8 Å². The van der Waals surface area contributed by atoms with E-state index in [4.69, 9.17) is 4.42 Å². The van der Waals surface area contributed by atoms with Gasteiger partial charge in [0.2, 0.25) is 11.8 Å². The lowest BCUT2D eigenvalue weighted by Gasteiger charge is -2.34. The van der Waals surface area contributed by atoms with E-state index in [-0.39, 0.29) is 6.04 Å². The number of aromatic amines is 1. The first kappa shape index (κ1) is 16.0. The van der Waals surface area contributed by atoms with Gasteiger partial charge in [0.1, 0.15) is 0 Å². The molecule has 6 nitrogen and oxygen atoms in total. The molecule has 1 N–H and O–H groups in total. The Labute approximate surface area is 147 Å². The quantitative estimate of drug-likeness (QED) is 0.786. The molecule has 6 heteroatoms. The molecule has 0 spiro atoms. The van der Waals surface area contributed by atoms with Crippen LogP contribution < -0.4 is 0 Å². The summed E-state index contributed by atoms with van der Waals surface area (Å²) in [5.41, 5.74) is 3.40. The molecule has 25 heavy (non-hydrogen) atoms. The Balaban J connectivity index is 1.43. The number of aromatic nitrogens is 4. The average molecular weight is 337 g/mol. The second-order valence-electron chi connectivity index (χ2n) is 6.81. The number of H-pyrrole nitrogens is 1. The van der Waals surface area contributed by atoms with Crippen LogP contribution in [0.25, 0.3) is 11.5 Å². The van der Waals surface area contributed by atoms with Crippen LogP contribution in [-0.2, 0) is 0 Å². The molecular formula is C19H23N5O. The maximum atomic E-state index is 5.96. The highest BCUT2D eigenvalue weighted by molar-refractivity contribution is 5.53. The van der Waals surface area contributed by atoms with Gasteiger partial charge in [0.25, 0.3) is 0 Å². The zero-order valence-corrected chi connectivity index (χ0v) is 14.6. The number of benzene rings is 1. The van der Waals surface area contributed by atoms with E-state index in [1.807, 2.05) is 18.3 Å². The summed E-state index contributed by atoms with van der Waals surface area (Å²) in [4.78, 5) is 2.42. The van der Waals surface area contributed by atoms with Crippen LogP contribution in [0.2, 0.25) is 0 Å². The number of nitrogens with zero attached hydrogens (tertiary/aromatic N) is 4.